The summed E-state index contributed by atoms with van der Waals surface area (Å²) in [5.74, 6) is 0.785. The zero-order valence-corrected chi connectivity index (χ0v) is 13.7. The number of aromatic nitrogens is 6. The quantitative estimate of drug-likeness (QED) is 0.605. The van der Waals surface area contributed by atoms with Crippen molar-refractivity contribution in [2.45, 2.75) is 26.7 Å². The lowest BCUT2D eigenvalue weighted by molar-refractivity contribution is -0.116. The molecular weight excluding hydrogens is 322 g/mol. The van der Waals surface area contributed by atoms with Crippen molar-refractivity contribution in [3.63, 3.8) is 0 Å². The van der Waals surface area contributed by atoms with Gasteiger partial charge in [0.25, 0.3) is 11.5 Å². The molecule has 126 valence electrons. The molecule has 0 aliphatic heterocycles. The SMILES string of the molecule is Cc1nc2ncnn2c(C)c1CCC(=O)Nc1noc2ncccc12. The summed E-state index contributed by atoms with van der Waals surface area (Å²) in [5, 5.41) is 11.5. The summed E-state index contributed by atoms with van der Waals surface area (Å²) in [6.07, 6.45) is 3.91. The topological polar surface area (TPSA) is 111 Å². The van der Waals surface area contributed by atoms with Gasteiger partial charge in [0, 0.05) is 24.0 Å². The molecular formula is C16H15N7O2. The number of pyridine rings is 1. The normalized spacial score (nSPS) is 11.3. The first kappa shape index (κ1) is 15.2. The van der Waals surface area contributed by atoms with Gasteiger partial charge in [-0.15, -0.1) is 0 Å². The van der Waals surface area contributed by atoms with Crippen molar-refractivity contribution in [1.82, 2.24) is 29.7 Å². The zero-order chi connectivity index (χ0) is 17.4. The summed E-state index contributed by atoms with van der Waals surface area (Å²) in [4.78, 5) is 24.8. The lowest BCUT2D eigenvalue weighted by Crippen LogP contribution is -2.14. The molecule has 0 saturated carbocycles. The van der Waals surface area contributed by atoms with Crippen LogP contribution in [0.3, 0.4) is 0 Å². The minimum atomic E-state index is -0.156. The van der Waals surface area contributed by atoms with E-state index in [4.69, 9.17) is 4.52 Å². The number of hydrogen-bond acceptors (Lipinski definition) is 7. The maximum atomic E-state index is 12.3. The molecule has 0 radical (unpaired) electrons. The highest BCUT2D eigenvalue weighted by Gasteiger charge is 2.15. The minimum Gasteiger partial charge on any atom is -0.334 e. The molecule has 9 nitrogen and oxygen atoms in total. The molecule has 0 aliphatic rings. The molecule has 0 bridgehead atoms. The average Bonchev–Trinajstić information content (AvgIpc) is 3.22. The fraction of sp³-hybridized carbons (Fsp3) is 0.250. The van der Waals surface area contributed by atoms with E-state index < -0.39 is 0 Å². The molecule has 25 heavy (non-hydrogen) atoms. The fourth-order valence-corrected chi connectivity index (χ4v) is 2.82. The molecule has 1 N–H and O–H groups in total. The standard InChI is InChI=1S/C16H15N7O2/c1-9-11(10(2)23-16(20-9)18-8-19-23)5-6-13(24)21-14-12-4-3-7-17-15(12)25-22-14/h3-4,7-8H,5-6H2,1-2H3,(H,21,22,24). The van der Waals surface area contributed by atoms with Gasteiger partial charge in [0.2, 0.25) is 5.91 Å². The molecule has 9 heteroatoms. The number of carbonyl (C=O) groups excluding carboxylic acids is 1. The second-order valence-electron chi connectivity index (χ2n) is 5.67. The Morgan fingerprint density at radius 3 is 3.08 bits per heavy atom. The summed E-state index contributed by atoms with van der Waals surface area (Å²) >= 11 is 0. The minimum absolute atomic E-state index is 0.156. The highest BCUT2D eigenvalue weighted by Crippen LogP contribution is 2.21. The van der Waals surface area contributed by atoms with Gasteiger partial charge >= 0.3 is 0 Å². The molecule has 0 fully saturated rings. The summed E-state index contributed by atoms with van der Waals surface area (Å²) in [7, 11) is 0. The smallest absolute Gasteiger partial charge is 0.259 e. The maximum absolute atomic E-state index is 12.3. The molecule has 0 aliphatic carbocycles. The molecule has 4 rings (SSSR count). The first-order valence-electron chi connectivity index (χ1n) is 7.79. The third-order valence-corrected chi connectivity index (χ3v) is 4.10. The lowest BCUT2D eigenvalue weighted by atomic mass is 10.1. The highest BCUT2D eigenvalue weighted by atomic mass is 16.5. The number of rotatable bonds is 4. The van der Waals surface area contributed by atoms with Crippen LogP contribution in [0.2, 0.25) is 0 Å². The fourth-order valence-electron chi connectivity index (χ4n) is 2.82. The number of nitrogens with one attached hydrogen (secondary N) is 1. The second kappa shape index (κ2) is 5.93. The number of fused-ring (bicyclic) bond motifs is 2. The Morgan fingerprint density at radius 2 is 2.20 bits per heavy atom. The van der Waals surface area contributed by atoms with Crippen LogP contribution < -0.4 is 5.32 Å². The van der Waals surface area contributed by atoms with Crippen molar-refractivity contribution in [3.05, 3.63) is 41.6 Å². The van der Waals surface area contributed by atoms with E-state index in [0.717, 1.165) is 17.0 Å². The van der Waals surface area contributed by atoms with Crippen molar-refractivity contribution in [2.24, 2.45) is 0 Å². The van der Waals surface area contributed by atoms with Crippen LogP contribution in [0, 0.1) is 13.8 Å². The van der Waals surface area contributed by atoms with Crippen LogP contribution in [0.4, 0.5) is 5.82 Å². The Kier molecular flexibility index (Phi) is 3.60. The van der Waals surface area contributed by atoms with Crippen LogP contribution in [-0.2, 0) is 11.2 Å². The van der Waals surface area contributed by atoms with Gasteiger partial charge in [-0.25, -0.2) is 14.5 Å². The lowest BCUT2D eigenvalue weighted by Gasteiger charge is -2.10. The van der Waals surface area contributed by atoms with Crippen molar-refractivity contribution >= 4 is 28.6 Å². The third-order valence-electron chi connectivity index (χ3n) is 4.10. The van der Waals surface area contributed by atoms with E-state index in [1.54, 1.807) is 22.8 Å². The van der Waals surface area contributed by atoms with Crippen LogP contribution in [0.5, 0.6) is 0 Å². The zero-order valence-electron chi connectivity index (χ0n) is 13.7. The summed E-state index contributed by atoms with van der Waals surface area (Å²) < 4.78 is 6.76. The molecule has 0 saturated heterocycles. The van der Waals surface area contributed by atoms with Crippen LogP contribution in [0.1, 0.15) is 23.4 Å². The number of anilines is 1. The van der Waals surface area contributed by atoms with E-state index in [2.05, 4.69) is 30.5 Å². The molecule has 0 spiro atoms. The predicted molar refractivity (Wildman–Crippen MR) is 89.0 cm³/mol. The highest BCUT2D eigenvalue weighted by molar-refractivity contribution is 5.97. The number of carbonyl (C=O) groups is 1. The number of amides is 1. The molecule has 1 amide bonds. The Hall–Kier alpha value is -3.36. The first-order chi connectivity index (χ1) is 12.1. The summed E-state index contributed by atoms with van der Waals surface area (Å²) in [6, 6.07) is 3.56. The molecule has 4 aromatic rings. The van der Waals surface area contributed by atoms with Crippen molar-refractivity contribution in [1.29, 1.82) is 0 Å². The molecule has 0 unspecified atom stereocenters. The maximum Gasteiger partial charge on any atom is 0.259 e. The van der Waals surface area contributed by atoms with E-state index in [9.17, 15) is 4.79 Å². The van der Waals surface area contributed by atoms with Crippen molar-refractivity contribution in [3.8, 4) is 0 Å². The van der Waals surface area contributed by atoms with Crippen molar-refractivity contribution in [2.75, 3.05) is 5.32 Å². The van der Waals surface area contributed by atoms with Gasteiger partial charge < -0.3 is 9.84 Å². The van der Waals surface area contributed by atoms with Gasteiger partial charge in [-0.05, 0) is 38.0 Å². The van der Waals surface area contributed by atoms with Crippen LogP contribution >= 0.6 is 0 Å². The molecule has 0 aromatic carbocycles. The Morgan fingerprint density at radius 1 is 1.32 bits per heavy atom. The van der Waals surface area contributed by atoms with E-state index in [1.807, 2.05) is 13.8 Å². The van der Waals surface area contributed by atoms with Gasteiger partial charge in [-0.1, -0.05) is 5.16 Å². The molecule has 0 atom stereocenters. The van der Waals surface area contributed by atoms with Gasteiger partial charge in [0.1, 0.15) is 6.33 Å². The predicted octanol–water partition coefficient (Wildman–Crippen LogP) is 1.85. The molecule has 4 heterocycles. The van der Waals surface area contributed by atoms with Crippen molar-refractivity contribution < 1.29 is 9.32 Å². The van der Waals surface area contributed by atoms with Gasteiger partial charge in [0.15, 0.2) is 5.82 Å². The van der Waals surface area contributed by atoms with E-state index >= 15 is 0 Å². The van der Waals surface area contributed by atoms with Gasteiger partial charge in [-0.2, -0.15) is 10.1 Å². The number of nitrogens with zero attached hydrogens (tertiary/aromatic N) is 6. The monoisotopic (exact) mass is 337 g/mol. The second-order valence-corrected chi connectivity index (χ2v) is 5.67. The van der Waals surface area contributed by atoms with Crippen LogP contribution in [-0.4, -0.2) is 35.6 Å². The third kappa shape index (κ3) is 2.69. The van der Waals surface area contributed by atoms with E-state index in [-0.39, 0.29) is 12.3 Å². The van der Waals surface area contributed by atoms with Crippen LogP contribution in [0.15, 0.2) is 29.2 Å². The largest absolute Gasteiger partial charge is 0.334 e. The van der Waals surface area contributed by atoms with Crippen LogP contribution in [0.25, 0.3) is 16.9 Å². The number of hydrogen-bond donors (Lipinski definition) is 1. The Labute approximate surface area is 142 Å². The summed E-state index contributed by atoms with van der Waals surface area (Å²) in [5.41, 5.74) is 3.16. The summed E-state index contributed by atoms with van der Waals surface area (Å²) in [6.45, 7) is 3.85. The molecule has 4 aromatic heterocycles. The first-order valence-corrected chi connectivity index (χ1v) is 7.79. The Balaban J connectivity index is 1.50. The van der Waals surface area contributed by atoms with E-state index in [0.29, 0.717) is 29.1 Å². The average molecular weight is 337 g/mol. The van der Waals surface area contributed by atoms with Gasteiger partial charge in [0.05, 0.1) is 5.39 Å². The van der Waals surface area contributed by atoms with E-state index in [1.165, 1.54) is 6.33 Å². The van der Waals surface area contributed by atoms with Gasteiger partial charge in [-0.3, -0.25) is 4.79 Å². The number of aryl methyl sites for hydroxylation is 2. The Bertz CT molecular complexity index is 1080.